The fourth-order valence-electron chi connectivity index (χ4n) is 8.58. The van der Waals surface area contributed by atoms with Gasteiger partial charge in [-0.3, -0.25) is 14.4 Å². The Hall–Kier alpha value is -6.53. The number of rotatable bonds is 12. The van der Waals surface area contributed by atoms with Crippen LogP contribution in [0.5, 0.6) is 0 Å². The van der Waals surface area contributed by atoms with E-state index in [0.717, 1.165) is 124 Å². The molecule has 2 aliphatic carbocycles. The third-order valence-corrected chi connectivity index (χ3v) is 11.5. The quantitative estimate of drug-likeness (QED) is 0.0641. The van der Waals surface area contributed by atoms with E-state index in [0.29, 0.717) is 37.4 Å². The second-order valence-corrected chi connectivity index (χ2v) is 16.9. The van der Waals surface area contributed by atoms with Crippen LogP contribution in [-0.4, -0.2) is 114 Å². The van der Waals surface area contributed by atoms with Gasteiger partial charge in [0.25, 0.3) is 0 Å². The first-order chi connectivity index (χ1) is 33.7. The Morgan fingerprint density at radius 2 is 0.850 bits per heavy atom. The first-order valence-electron chi connectivity index (χ1n) is 23.7. The van der Waals surface area contributed by atoms with Crippen molar-refractivity contribution in [2.45, 2.75) is 69.2 Å². The Bertz CT molecular complexity index is 3100. The molecule has 4 aliphatic rings. The molecular weight excluding hydrogens is 1310 g/mol. The van der Waals surface area contributed by atoms with Crippen LogP contribution in [0.4, 0.5) is 11.4 Å². The zero-order chi connectivity index (χ0) is 50.6. The predicted octanol–water partition coefficient (Wildman–Crippen LogP) is 5.78. The van der Waals surface area contributed by atoms with E-state index in [2.05, 4.69) is 86.4 Å². The monoisotopic (exact) mass is 1390 g/mol. The van der Waals surface area contributed by atoms with Crippen molar-refractivity contribution in [3.8, 4) is 44.9 Å². The number of aryl methyl sites for hydroxylation is 4. The van der Waals surface area contributed by atoms with Crippen LogP contribution >= 0.6 is 0 Å². The van der Waals surface area contributed by atoms with E-state index in [1.165, 1.54) is 0 Å². The summed E-state index contributed by atoms with van der Waals surface area (Å²) < 4.78 is 32.3. The van der Waals surface area contributed by atoms with Crippen molar-refractivity contribution < 1.29 is 128 Å². The third-order valence-electron chi connectivity index (χ3n) is 11.5. The summed E-state index contributed by atoms with van der Waals surface area (Å²) in [5, 5.41) is 10.6. The number of hydrogen-bond acceptors (Lipinski definition) is 13. The smallest absolute Gasteiger partial charge is 0.870 e. The van der Waals surface area contributed by atoms with E-state index >= 15 is 0 Å². The Balaban J connectivity index is -0.000000393. The molecule has 0 saturated heterocycles. The van der Waals surface area contributed by atoms with Crippen molar-refractivity contribution in [1.29, 1.82) is 0 Å². The van der Waals surface area contributed by atoms with E-state index in [9.17, 15) is 9.59 Å². The van der Waals surface area contributed by atoms with Crippen molar-refractivity contribution in [3.05, 3.63) is 141 Å². The number of carbonyl (C=O) groups excluding carboxylic acids is 2. The zero-order valence-electron chi connectivity index (χ0n) is 46.3. The van der Waals surface area contributed by atoms with Gasteiger partial charge in [-0.2, -0.15) is 0 Å². The molecule has 4 aromatic carbocycles. The second-order valence-electron chi connectivity index (χ2n) is 16.4. The summed E-state index contributed by atoms with van der Waals surface area (Å²) in [7, 11) is -3.13. The van der Waals surface area contributed by atoms with Gasteiger partial charge in [0, 0.05) is 116 Å². The van der Waals surface area contributed by atoms with E-state index < -0.39 is 9.17 Å². The van der Waals surface area contributed by atoms with E-state index in [1.807, 2.05) is 100 Å². The molecular formula is C56H76MoN4O17SiW. The summed E-state index contributed by atoms with van der Waals surface area (Å²) in [5.74, 6) is 0.816. The Morgan fingerprint density at radius 1 is 0.525 bits per heavy atom. The Kier molecular flexibility index (Phi) is 39.3. The number of anilines is 2. The topological polar surface area (TPSA) is 434 Å². The van der Waals surface area contributed by atoms with Crippen molar-refractivity contribution in [2.24, 2.45) is 9.98 Å². The fraction of sp³-hybridized carbons (Fsp3) is 0.286. The van der Waals surface area contributed by atoms with Crippen LogP contribution in [-0.2, 0) is 56.1 Å². The number of hydrogen-bond donors (Lipinski definition) is 4. The van der Waals surface area contributed by atoms with Crippen LogP contribution in [0.3, 0.4) is 0 Å². The molecule has 18 N–H and O–H groups in total. The van der Waals surface area contributed by atoms with Crippen molar-refractivity contribution >= 4 is 54.4 Å². The standard InChI is InChI=1S/2C28H30N2O3.Mo.H2O3Si.8H2O.W/c2*1-6-29-23-15-25-21(13-17(23)4)27(19-11-9-10-12-20(19)28(31)32-8-3)22-14-18(5)24(30-7-2)16-26(22)33-25;;1-4(2)3;;;;;;;;;/h2*9-16,29H,6-8H2,1-5H3;;1-2H;8*1H2;/q;;;;;;;;;;;;+2/p-2. The maximum atomic E-state index is 12.9. The Morgan fingerprint density at radius 3 is 1.15 bits per heavy atom. The minimum atomic E-state index is -3.13. The SMILES string of the molecule is CCN=c1cc2oc3cc(NCC)c(C)cc3c(-c3ccccc3C(=O)OCC)c-2cc1C.CCN=c1cc2oc3cc(NCC)c(C)cc3c(-c3ccccc3C(=O)OCC)c-2cc1C.O.O.O.O.O.O.O=[Si](O)O.[Mo].[OH-].[OH-].[W+2]. The number of nitrogens with one attached hydrogen (secondary N) is 2. The molecule has 0 radical (unpaired) electrons. The van der Waals surface area contributed by atoms with Crippen molar-refractivity contribution in [1.82, 2.24) is 0 Å². The Labute approximate surface area is 494 Å². The predicted molar refractivity (Wildman–Crippen MR) is 304 cm³/mol. The molecule has 0 saturated carbocycles. The van der Waals surface area contributed by atoms with Crippen LogP contribution in [0.25, 0.3) is 66.8 Å². The largest absolute Gasteiger partial charge is 2.00 e. The molecule has 8 rings (SSSR count). The summed E-state index contributed by atoms with van der Waals surface area (Å²) in [5.41, 5.74) is 14.5. The number of nitrogens with zero attached hydrogens (tertiary/aromatic N) is 2. The first kappa shape index (κ1) is 82.3. The number of esters is 2. The van der Waals surface area contributed by atoms with Gasteiger partial charge in [0.05, 0.1) is 35.1 Å². The molecule has 0 atom stereocenters. The zero-order valence-corrected chi connectivity index (χ0v) is 52.3. The number of fused-ring (bicyclic) bond motifs is 4. The van der Waals surface area contributed by atoms with Crippen LogP contribution in [0.2, 0.25) is 0 Å². The molecule has 24 heteroatoms. The summed E-state index contributed by atoms with van der Waals surface area (Å²) in [4.78, 5) is 49.3. The molecule has 0 aromatic heterocycles. The fourth-order valence-corrected chi connectivity index (χ4v) is 8.58. The third kappa shape index (κ3) is 18.8. The van der Waals surface area contributed by atoms with Gasteiger partial charge in [-0.05, 0) is 139 Å². The molecule has 0 amide bonds. The molecule has 21 nitrogen and oxygen atoms in total. The molecule has 2 aliphatic heterocycles. The molecule has 0 bridgehead atoms. The average molecular weight is 1390 g/mol. The van der Waals surface area contributed by atoms with Crippen LogP contribution in [0, 0.1) is 27.7 Å². The van der Waals surface area contributed by atoms with Gasteiger partial charge < -0.3 is 82.3 Å². The van der Waals surface area contributed by atoms with E-state index in [1.54, 1.807) is 0 Å². The summed E-state index contributed by atoms with van der Waals surface area (Å²) in [6, 6.07) is 31.8. The molecule has 0 unspecified atom stereocenters. The van der Waals surface area contributed by atoms with Gasteiger partial charge in [-0.15, -0.1) is 0 Å². The molecule has 0 fully saturated rings. The van der Waals surface area contributed by atoms with Gasteiger partial charge in [0.15, 0.2) is 0 Å². The van der Waals surface area contributed by atoms with Gasteiger partial charge >= 0.3 is 42.2 Å². The second kappa shape index (κ2) is 38.2. The van der Waals surface area contributed by atoms with Gasteiger partial charge in [0.1, 0.15) is 22.7 Å². The average Bonchev–Trinajstić information content (AvgIpc) is 3.32. The van der Waals surface area contributed by atoms with E-state index in [4.69, 9.17) is 32.4 Å². The summed E-state index contributed by atoms with van der Waals surface area (Å²) in [6.45, 7) is 23.8. The minimum absolute atomic E-state index is 0. The molecule has 438 valence electrons. The van der Waals surface area contributed by atoms with Crippen LogP contribution in [0.1, 0.15) is 84.5 Å². The normalized spacial score (nSPS) is 10.1. The number of carbonyl (C=O) groups is 2. The van der Waals surface area contributed by atoms with Crippen molar-refractivity contribution in [2.75, 3.05) is 50.0 Å². The molecule has 80 heavy (non-hydrogen) atoms. The van der Waals surface area contributed by atoms with E-state index in [-0.39, 0.29) is 97.9 Å². The number of ether oxygens (including phenoxy) is 2. The summed E-state index contributed by atoms with van der Waals surface area (Å²) in [6.07, 6.45) is 0. The molecule has 2 heterocycles. The van der Waals surface area contributed by atoms with Crippen LogP contribution < -0.4 is 21.3 Å². The van der Waals surface area contributed by atoms with Gasteiger partial charge in [-0.25, -0.2) is 9.59 Å². The minimum Gasteiger partial charge on any atom is -0.870 e. The first-order valence-corrected chi connectivity index (χ1v) is 25.0. The van der Waals surface area contributed by atoms with Crippen molar-refractivity contribution in [3.63, 3.8) is 0 Å². The maximum Gasteiger partial charge on any atom is 2.00 e. The maximum absolute atomic E-state index is 12.9. The number of benzene rings is 6. The molecule has 4 aromatic rings. The summed E-state index contributed by atoms with van der Waals surface area (Å²) >= 11 is 0. The molecule has 0 spiro atoms. The van der Waals surface area contributed by atoms with Crippen LogP contribution in [0.15, 0.2) is 116 Å². The van der Waals surface area contributed by atoms with Gasteiger partial charge in [0.2, 0.25) is 0 Å². The van der Waals surface area contributed by atoms with Gasteiger partial charge in [-0.1, -0.05) is 36.4 Å².